The van der Waals surface area contributed by atoms with E-state index < -0.39 is 11.7 Å². The van der Waals surface area contributed by atoms with Gasteiger partial charge in [-0.15, -0.1) is 6.58 Å². The van der Waals surface area contributed by atoms with Gasteiger partial charge in [0.15, 0.2) is 0 Å². The predicted octanol–water partition coefficient (Wildman–Crippen LogP) is 13.5. The Kier molecular flexibility index (Phi) is 35.1. The molecule has 0 aliphatic rings. The molecule has 0 amide bonds. The monoisotopic (exact) mass is 577 g/mol. The molecule has 0 fully saturated rings. The molecule has 236 valence electrons. The van der Waals surface area contributed by atoms with Crippen LogP contribution in [-0.2, 0) is 6.42 Å². The fourth-order valence-electron chi connectivity index (χ4n) is 2.83. The van der Waals surface area contributed by atoms with Gasteiger partial charge in [0.1, 0.15) is 0 Å². The van der Waals surface area contributed by atoms with Gasteiger partial charge in [0.25, 0.3) is 0 Å². The Morgan fingerprint density at radius 1 is 0.878 bits per heavy atom. The molecule has 1 heterocycles. The lowest BCUT2D eigenvalue weighted by molar-refractivity contribution is -0.0893. The first-order chi connectivity index (χ1) is 19.1. The molecular formula is C37H62F3N. The maximum absolute atomic E-state index is 11.8. The molecule has 0 saturated carbocycles. The van der Waals surface area contributed by atoms with Crippen molar-refractivity contribution in [2.75, 3.05) is 0 Å². The summed E-state index contributed by atoms with van der Waals surface area (Å²) < 4.78 is 35.5. The first-order valence-electron chi connectivity index (χ1n) is 14.8. The summed E-state index contributed by atoms with van der Waals surface area (Å²) in [5.74, 6) is 0.547. The lowest BCUT2D eigenvalue weighted by Crippen LogP contribution is -2.11. The van der Waals surface area contributed by atoms with Crippen molar-refractivity contribution in [3.05, 3.63) is 108 Å². The molecule has 0 aliphatic carbocycles. The van der Waals surface area contributed by atoms with Gasteiger partial charge in [0.2, 0.25) is 0 Å². The third-order valence-electron chi connectivity index (χ3n) is 4.42. The van der Waals surface area contributed by atoms with Gasteiger partial charge < -0.3 is 0 Å². The number of rotatable bonds is 4. The molecule has 4 heteroatoms. The molecule has 0 atom stereocenters. The zero-order valence-electron chi connectivity index (χ0n) is 29.1. The largest absolute Gasteiger partial charge is 0.416 e. The fraction of sp³-hybridized carbons (Fsp3) is 0.486. The first kappa shape index (κ1) is 47.9. The van der Waals surface area contributed by atoms with Crippen molar-refractivity contribution >= 4 is 5.57 Å². The van der Waals surface area contributed by atoms with Crippen molar-refractivity contribution in [3.8, 4) is 0 Å². The van der Waals surface area contributed by atoms with E-state index in [-0.39, 0.29) is 5.57 Å². The van der Waals surface area contributed by atoms with Crippen LogP contribution < -0.4 is 0 Å². The summed E-state index contributed by atoms with van der Waals surface area (Å²) in [5.41, 5.74) is 6.85. The van der Waals surface area contributed by atoms with Crippen LogP contribution in [0.4, 0.5) is 13.2 Å². The van der Waals surface area contributed by atoms with E-state index >= 15 is 0 Å². The normalized spacial score (nSPS) is 9.49. The zero-order chi connectivity index (χ0) is 33.8. The highest BCUT2D eigenvalue weighted by molar-refractivity contribution is 5.61. The lowest BCUT2D eigenvalue weighted by Gasteiger charge is -2.09. The molecule has 2 rings (SSSR count). The quantitative estimate of drug-likeness (QED) is 0.260. The number of allylic oxidation sites excluding steroid dienone is 5. The van der Waals surface area contributed by atoms with Crippen molar-refractivity contribution in [2.24, 2.45) is 0 Å². The summed E-state index contributed by atoms with van der Waals surface area (Å²) in [6.45, 7) is 39.9. The maximum atomic E-state index is 11.8. The summed E-state index contributed by atoms with van der Waals surface area (Å²) >= 11 is 0. The highest BCUT2D eigenvalue weighted by atomic mass is 19.4. The number of aromatic nitrogens is 1. The third kappa shape index (κ3) is 28.4. The predicted molar refractivity (Wildman–Crippen MR) is 183 cm³/mol. The van der Waals surface area contributed by atoms with E-state index in [1.54, 1.807) is 0 Å². The highest BCUT2D eigenvalue weighted by Crippen LogP contribution is 2.29. The highest BCUT2D eigenvalue weighted by Gasteiger charge is 2.32. The smallest absolute Gasteiger partial charge is 0.261 e. The second kappa shape index (κ2) is 30.1. The average molecular weight is 578 g/mol. The van der Waals surface area contributed by atoms with Crippen LogP contribution in [0, 0.1) is 6.92 Å². The number of hydrogen-bond donors (Lipinski definition) is 0. The topological polar surface area (TPSA) is 12.9 Å². The van der Waals surface area contributed by atoms with Gasteiger partial charge in [0, 0.05) is 11.9 Å². The van der Waals surface area contributed by atoms with Crippen LogP contribution in [0.15, 0.2) is 85.1 Å². The molecule has 0 radical (unpaired) electrons. The molecule has 0 aliphatic heterocycles. The van der Waals surface area contributed by atoms with Gasteiger partial charge in [0.05, 0.1) is 5.57 Å². The van der Waals surface area contributed by atoms with Crippen LogP contribution in [0.2, 0.25) is 0 Å². The number of hydrogen-bond acceptors (Lipinski definition) is 1. The van der Waals surface area contributed by atoms with E-state index in [0.29, 0.717) is 5.92 Å². The molecule has 1 aromatic heterocycles. The number of pyridine rings is 1. The van der Waals surface area contributed by atoms with Gasteiger partial charge in [-0.3, -0.25) is 4.98 Å². The molecule has 0 bridgehead atoms. The zero-order valence-corrected chi connectivity index (χ0v) is 29.1. The minimum absolute atomic E-state index is 0.0509. The van der Waals surface area contributed by atoms with Crippen LogP contribution in [-0.4, -0.2) is 11.2 Å². The summed E-state index contributed by atoms with van der Waals surface area (Å²) in [4.78, 5) is 4.35. The minimum Gasteiger partial charge on any atom is -0.261 e. The van der Waals surface area contributed by atoms with Crippen molar-refractivity contribution < 1.29 is 13.2 Å². The van der Waals surface area contributed by atoms with Gasteiger partial charge >= 0.3 is 6.18 Å². The van der Waals surface area contributed by atoms with E-state index in [0.717, 1.165) is 18.1 Å². The molecule has 0 N–H and O–H groups in total. The van der Waals surface area contributed by atoms with Crippen LogP contribution in [0.5, 0.6) is 0 Å². The molecule has 0 saturated heterocycles. The second-order valence-corrected chi connectivity index (χ2v) is 8.89. The third-order valence-corrected chi connectivity index (χ3v) is 4.42. The molecular weight excluding hydrogens is 515 g/mol. The van der Waals surface area contributed by atoms with Crippen molar-refractivity contribution in [2.45, 2.75) is 122 Å². The van der Waals surface area contributed by atoms with Gasteiger partial charge in [-0.2, -0.15) is 13.2 Å². The number of nitrogens with zero attached hydrogens (tertiary/aromatic N) is 1. The maximum Gasteiger partial charge on any atom is 0.416 e. The second-order valence-electron chi connectivity index (χ2n) is 8.89. The van der Waals surface area contributed by atoms with Crippen LogP contribution in [0.3, 0.4) is 0 Å². The molecule has 0 spiro atoms. The van der Waals surface area contributed by atoms with Crippen LogP contribution in [0.25, 0.3) is 5.57 Å². The molecule has 41 heavy (non-hydrogen) atoms. The molecule has 0 unspecified atom stereocenters. The van der Waals surface area contributed by atoms with E-state index in [4.69, 9.17) is 0 Å². The van der Waals surface area contributed by atoms with E-state index in [1.165, 1.54) is 41.8 Å². The Morgan fingerprint density at radius 2 is 1.34 bits per heavy atom. The summed E-state index contributed by atoms with van der Waals surface area (Å²) in [5, 5.41) is 0. The molecule has 1 aromatic carbocycles. The average Bonchev–Trinajstić information content (AvgIpc) is 2.92. The van der Waals surface area contributed by atoms with Crippen LogP contribution in [0.1, 0.15) is 125 Å². The standard InChI is InChI=1S/C10H15N.C10H12.C7H9F3.C4H8.3C2H6/c1-4-9-6-5-7-11-10(9)8(2)3;1-8(2)10-6-4-5-9(3)7-10;1-4-6(5(2)3)7(8,9)10;1-4(2)3;3*1-2/h5-8H,4H2,1-3H3;4-7H,1H2,2-3H3;4H,2H2,1,3H3;1H2,2-3H3;3*1-2H3/b;;6-4+;;;;. The SMILES string of the molecule is C=C(C)/C(=C\C)C(F)(F)F.C=C(C)C.C=C(C)c1cccc(C)c1.CC.CC.CC.CCc1cccnc1C(C)C. The van der Waals surface area contributed by atoms with Crippen molar-refractivity contribution in [3.63, 3.8) is 0 Å². The van der Waals surface area contributed by atoms with Crippen molar-refractivity contribution in [1.82, 2.24) is 4.98 Å². The number of halogens is 3. The lowest BCUT2D eigenvalue weighted by atomic mass is 10.0. The Balaban J connectivity index is -0.000000137. The number of benzene rings is 1. The Labute approximate surface area is 253 Å². The summed E-state index contributed by atoms with van der Waals surface area (Å²) in [6, 6.07) is 12.5. The minimum atomic E-state index is -4.25. The van der Waals surface area contributed by atoms with E-state index in [2.05, 4.69) is 82.7 Å². The summed E-state index contributed by atoms with van der Waals surface area (Å²) in [7, 11) is 0. The van der Waals surface area contributed by atoms with Gasteiger partial charge in [-0.05, 0) is 76.6 Å². The number of alkyl halides is 3. The molecule has 2 aromatic rings. The Hall–Kier alpha value is -2.88. The van der Waals surface area contributed by atoms with Crippen molar-refractivity contribution in [1.29, 1.82) is 0 Å². The van der Waals surface area contributed by atoms with E-state index in [9.17, 15) is 13.2 Å². The van der Waals surface area contributed by atoms with Crippen LogP contribution >= 0.6 is 0 Å². The molecule has 1 nitrogen and oxygen atoms in total. The summed E-state index contributed by atoms with van der Waals surface area (Å²) in [6.07, 6.45) is -0.279. The first-order valence-corrected chi connectivity index (χ1v) is 14.8. The Morgan fingerprint density at radius 3 is 1.56 bits per heavy atom. The fourth-order valence-corrected chi connectivity index (χ4v) is 2.83. The Bertz CT molecular complexity index is 960. The number of aryl methyl sites for hydroxylation is 2. The van der Waals surface area contributed by atoms with Gasteiger partial charge in [-0.1, -0.05) is 129 Å². The van der Waals surface area contributed by atoms with Gasteiger partial charge in [-0.25, -0.2) is 0 Å². The van der Waals surface area contributed by atoms with E-state index in [1.807, 2.05) is 74.6 Å².